The highest BCUT2D eigenvalue weighted by Gasteiger charge is 2.13. The molecule has 0 spiro atoms. The van der Waals surface area contributed by atoms with Crippen LogP contribution >= 0.6 is 11.3 Å². The van der Waals surface area contributed by atoms with Crippen LogP contribution in [0.1, 0.15) is 28.5 Å². The topological polar surface area (TPSA) is 58.9 Å². The molecule has 1 amide bonds. The van der Waals surface area contributed by atoms with E-state index in [4.69, 9.17) is 4.74 Å². The third kappa shape index (κ3) is 5.71. The van der Waals surface area contributed by atoms with E-state index in [9.17, 15) is 4.79 Å². The van der Waals surface area contributed by atoms with Gasteiger partial charge in [0.2, 0.25) is 0 Å². The Morgan fingerprint density at radius 2 is 2.06 bits per heavy atom. The molecule has 1 aromatic carbocycles. The van der Waals surface area contributed by atoms with Crippen LogP contribution in [-0.4, -0.2) is 39.9 Å². The molecule has 3 aromatic heterocycles. The number of rotatable bonds is 9. The second kappa shape index (κ2) is 9.76. The van der Waals surface area contributed by atoms with E-state index in [0.29, 0.717) is 12.2 Å². The number of pyridine rings is 1. The Kier molecular flexibility index (Phi) is 6.64. The highest BCUT2D eigenvalue weighted by atomic mass is 32.1. The van der Waals surface area contributed by atoms with Gasteiger partial charge in [-0.15, -0.1) is 0 Å². The lowest BCUT2D eigenvalue weighted by Gasteiger charge is -2.18. The lowest BCUT2D eigenvalue weighted by atomic mass is 10.2. The molecule has 0 aliphatic heterocycles. The Labute approximate surface area is 186 Å². The molecule has 4 aromatic rings. The van der Waals surface area contributed by atoms with Gasteiger partial charge in [-0.1, -0.05) is 18.2 Å². The van der Waals surface area contributed by atoms with Gasteiger partial charge in [-0.3, -0.25) is 9.69 Å². The zero-order valence-corrected chi connectivity index (χ0v) is 18.5. The quantitative estimate of drug-likeness (QED) is 0.428. The number of hydrogen-bond acceptors (Lipinski definition) is 5. The summed E-state index contributed by atoms with van der Waals surface area (Å²) >= 11 is 1.72. The first kappa shape index (κ1) is 21.1. The molecule has 4 rings (SSSR count). The van der Waals surface area contributed by atoms with E-state index in [1.165, 1.54) is 11.1 Å². The Morgan fingerprint density at radius 1 is 1.19 bits per heavy atom. The van der Waals surface area contributed by atoms with Crippen LogP contribution < -0.4 is 10.1 Å². The van der Waals surface area contributed by atoms with E-state index in [1.807, 2.05) is 47.9 Å². The van der Waals surface area contributed by atoms with Crippen molar-refractivity contribution >= 4 is 22.9 Å². The highest BCUT2D eigenvalue weighted by molar-refractivity contribution is 7.07. The van der Waals surface area contributed by atoms with Crippen molar-refractivity contribution in [3.8, 4) is 5.75 Å². The van der Waals surface area contributed by atoms with Gasteiger partial charge in [-0.05, 0) is 66.2 Å². The summed E-state index contributed by atoms with van der Waals surface area (Å²) in [6.07, 6.45) is 3.43. The minimum atomic E-state index is -0.206. The molecule has 3 heterocycles. The predicted molar refractivity (Wildman–Crippen MR) is 124 cm³/mol. The molecular formula is C24H26N4O2S. The number of nitrogens with zero attached hydrogens (tertiary/aromatic N) is 3. The summed E-state index contributed by atoms with van der Waals surface area (Å²) in [5.41, 5.74) is 3.66. The number of fused-ring (bicyclic) bond motifs is 1. The van der Waals surface area contributed by atoms with Gasteiger partial charge < -0.3 is 14.5 Å². The van der Waals surface area contributed by atoms with Gasteiger partial charge in [-0.2, -0.15) is 11.3 Å². The molecule has 31 heavy (non-hydrogen) atoms. The molecule has 0 radical (unpaired) electrons. The average molecular weight is 435 g/mol. The van der Waals surface area contributed by atoms with Crippen LogP contribution in [0.4, 0.5) is 0 Å². The van der Waals surface area contributed by atoms with Gasteiger partial charge in [-0.25, -0.2) is 4.98 Å². The maximum Gasteiger partial charge on any atom is 0.271 e. The van der Waals surface area contributed by atoms with Crippen molar-refractivity contribution in [1.82, 2.24) is 19.6 Å². The Bertz CT molecular complexity index is 1110. The van der Waals surface area contributed by atoms with Crippen LogP contribution in [0.3, 0.4) is 0 Å². The number of aromatic nitrogens is 2. The number of imidazole rings is 1. The summed E-state index contributed by atoms with van der Waals surface area (Å²) in [4.78, 5) is 19.1. The molecule has 7 heteroatoms. The van der Waals surface area contributed by atoms with Crippen LogP contribution in [0, 0.1) is 0 Å². The molecule has 0 fully saturated rings. The van der Waals surface area contributed by atoms with Crippen molar-refractivity contribution in [2.45, 2.75) is 26.1 Å². The molecule has 0 aliphatic rings. The monoisotopic (exact) mass is 434 g/mol. The lowest BCUT2D eigenvalue weighted by Crippen LogP contribution is -2.33. The number of benzene rings is 1. The van der Waals surface area contributed by atoms with E-state index >= 15 is 0 Å². The summed E-state index contributed by atoms with van der Waals surface area (Å²) in [5, 5.41) is 7.19. The maximum atomic E-state index is 12.4. The van der Waals surface area contributed by atoms with Gasteiger partial charge in [0, 0.05) is 25.5 Å². The van der Waals surface area contributed by atoms with Crippen molar-refractivity contribution in [1.29, 1.82) is 0 Å². The fourth-order valence-electron chi connectivity index (χ4n) is 3.42. The molecule has 0 bridgehead atoms. The Hall–Kier alpha value is -3.16. The molecular weight excluding hydrogens is 408 g/mol. The number of ether oxygens (including phenoxy) is 1. The number of nitrogens with one attached hydrogen (secondary N) is 1. The SMILES string of the molecule is CC(CNC(=O)c1cn2ccccc2n1)Oc1cccc(CN(C)Cc2ccsc2)c1. The molecule has 1 atom stereocenters. The fourth-order valence-corrected chi connectivity index (χ4v) is 4.08. The lowest BCUT2D eigenvalue weighted by molar-refractivity contribution is 0.0928. The Morgan fingerprint density at radius 3 is 2.87 bits per heavy atom. The number of hydrogen-bond donors (Lipinski definition) is 1. The first-order valence-corrected chi connectivity index (χ1v) is 11.2. The Balaban J connectivity index is 1.28. The minimum Gasteiger partial charge on any atom is -0.489 e. The third-order valence-electron chi connectivity index (χ3n) is 4.87. The molecule has 0 saturated heterocycles. The fraction of sp³-hybridized carbons (Fsp3) is 0.250. The van der Waals surface area contributed by atoms with E-state index in [-0.39, 0.29) is 12.0 Å². The first-order chi connectivity index (χ1) is 15.1. The molecule has 0 saturated carbocycles. The van der Waals surface area contributed by atoms with Crippen molar-refractivity contribution in [2.24, 2.45) is 0 Å². The number of carbonyl (C=O) groups is 1. The summed E-state index contributed by atoms with van der Waals surface area (Å²) in [6, 6.07) is 15.9. The smallest absolute Gasteiger partial charge is 0.271 e. The summed E-state index contributed by atoms with van der Waals surface area (Å²) in [6.45, 7) is 4.10. The molecule has 160 valence electrons. The molecule has 1 N–H and O–H groups in total. The van der Waals surface area contributed by atoms with Crippen LogP contribution in [0.15, 0.2) is 71.7 Å². The molecule has 1 unspecified atom stereocenters. The van der Waals surface area contributed by atoms with Crippen molar-refractivity contribution in [3.63, 3.8) is 0 Å². The van der Waals surface area contributed by atoms with E-state index in [0.717, 1.165) is 24.5 Å². The second-order valence-corrected chi connectivity index (χ2v) is 8.46. The van der Waals surface area contributed by atoms with E-state index in [1.54, 1.807) is 17.5 Å². The van der Waals surface area contributed by atoms with Crippen molar-refractivity contribution in [3.05, 3.63) is 88.5 Å². The van der Waals surface area contributed by atoms with Crippen LogP contribution in [0.5, 0.6) is 5.75 Å². The van der Waals surface area contributed by atoms with Gasteiger partial charge in [0.15, 0.2) is 0 Å². The van der Waals surface area contributed by atoms with Crippen LogP contribution in [-0.2, 0) is 13.1 Å². The zero-order chi connectivity index (χ0) is 21.6. The maximum absolute atomic E-state index is 12.4. The average Bonchev–Trinajstić information content (AvgIpc) is 3.41. The predicted octanol–water partition coefficient (Wildman–Crippen LogP) is 4.23. The van der Waals surface area contributed by atoms with E-state index in [2.05, 4.69) is 51.2 Å². The summed E-state index contributed by atoms with van der Waals surface area (Å²) < 4.78 is 7.86. The molecule has 6 nitrogen and oxygen atoms in total. The van der Waals surface area contributed by atoms with Crippen LogP contribution in [0.25, 0.3) is 5.65 Å². The standard InChI is InChI=1S/C24H26N4O2S/c1-18(13-25-24(29)22-16-28-10-4-3-8-23(28)26-22)30-21-7-5-6-19(12-21)14-27(2)15-20-9-11-31-17-20/h3-12,16-18H,13-15H2,1-2H3,(H,25,29). The molecule has 0 aliphatic carbocycles. The van der Waals surface area contributed by atoms with Gasteiger partial charge in [0.05, 0.1) is 6.54 Å². The number of thiophene rings is 1. The van der Waals surface area contributed by atoms with Crippen molar-refractivity contribution < 1.29 is 9.53 Å². The zero-order valence-electron chi connectivity index (χ0n) is 17.7. The highest BCUT2D eigenvalue weighted by Crippen LogP contribution is 2.17. The first-order valence-electron chi connectivity index (χ1n) is 10.2. The van der Waals surface area contributed by atoms with Gasteiger partial charge >= 0.3 is 0 Å². The number of amides is 1. The summed E-state index contributed by atoms with van der Waals surface area (Å²) in [5.74, 6) is 0.596. The van der Waals surface area contributed by atoms with Crippen LogP contribution in [0.2, 0.25) is 0 Å². The number of carbonyl (C=O) groups excluding carboxylic acids is 1. The normalized spacial score (nSPS) is 12.2. The third-order valence-corrected chi connectivity index (χ3v) is 5.60. The van der Waals surface area contributed by atoms with E-state index < -0.39 is 0 Å². The van der Waals surface area contributed by atoms with Gasteiger partial charge in [0.25, 0.3) is 5.91 Å². The minimum absolute atomic E-state index is 0.167. The second-order valence-electron chi connectivity index (χ2n) is 7.68. The van der Waals surface area contributed by atoms with Gasteiger partial charge in [0.1, 0.15) is 23.2 Å². The summed E-state index contributed by atoms with van der Waals surface area (Å²) in [7, 11) is 2.11. The van der Waals surface area contributed by atoms with Crippen molar-refractivity contribution in [2.75, 3.05) is 13.6 Å². The largest absolute Gasteiger partial charge is 0.489 e.